The van der Waals surface area contributed by atoms with Gasteiger partial charge in [-0.1, -0.05) is 6.07 Å². The molecule has 0 amide bonds. The van der Waals surface area contributed by atoms with E-state index >= 15 is 0 Å². The number of pyridine rings is 1. The molecule has 6 heteroatoms. The molecule has 1 heterocycles. The van der Waals surface area contributed by atoms with Crippen LogP contribution in [0.15, 0.2) is 18.2 Å². The number of carbonyl (C=O) groups is 1. The molecule has 88 valence electrons. The highest BCUT2D eigenvalue weighted by Crippen LogP contribution is 2.12. The summed E-state index contributed by atoms with van der Waals surface area (Å²) in [4.78, 5) is 14.5. The molecular formula is C10H14N2O4. The van der Waals surface area contributed by atoms with Crippen LogP contribution in [0.2, 0.25) is 0 Å². The van der Waals surface area contributed by atoms with Crippen molar-refractivity contribution in [2.24, 2.45) is 0 Å². The van der Waals surface area contributed by atoms with Crippen LogP contribution in [0.5, 0.6) is 0 Å². The maximum atomic E-state index is 10.7. The number of aliphatic hydroxyl groups excluding tert-OH is 2. The second kappa shape index (κ2) is 4.91. The maximum absolute atomic E-state index is 10.7. The number of carboxylic acid groups (broad SMARTS) is 1. The maximum Gasteiger partial charge on any atom is 0.354 e. The second-order valence-electron chi connectivity index (χ2n) is 3.72. The molecule has 0 aromatic carbocycles. The van der Waals surface area contributed by atoms with Crippen LogP contribution >= 0.6 is 0 Å². The molecule has 0 spiro atoms. The average Bonchev–Trinajstić information content (AvgIpc) is 2.29. The fraction of sp³-hybridized carbons (Fsp3) is 0.400. The number of aromatic nitrogens is 1. The summed E-state index contributed by atoms with van der Waals surface area (Å²) in [5, 5.41) is 29.6. The second-order valence-corrected chi connectivity index (χ2v) is 3.72. The van der Waals surface area contributed by atoms with Gasteiger partial charge in [0.1, 0.15) is 5.82 Å². The van der Waals surface area contributed by atoms with Crippen molar-refractivity contribution in [1.29, 1.82) is 0 Å². The SMILES string of the molecule is CC(CO)(CO)Nc1cccc(C(=O)O)n1. The van der Waals surface area contributed by atoms with Crippen molar-refractivity contribution in [2.45, 2.75) is 12.5 Å². The fourth-order valence-electron chi connectivity index (χ4n) is 1.06. The molecule has 16 heavy (non-hydrogen) atoms. The predicted molar refractivity (Wildman–Crippen MR) is 57.4 cm³/mol. The van der Waals surface area contributed by atoms with Gasteiger partial charge in [-0.3, -0.25) is 0 Å². The van der Waals surface area contributed by atoms with E-state index in [9.17, 15) is 4.79 Å². The number of anilines is 1. The molecule has 4 N–H and O–H groups in total. The molecule has 1 rings (SSSR count). The minimum atomic E-state index is -1.13. The van der Waals surface area contributed by atoms with E-state index in [1.165, 1.54) is 12.1 Å². The van der Waals surface area contributed by atoms with Gasteiger partial charge in [0.05, 0.1) is 18.8 Å². The Labute approximate surface area is 92.6 Å². The van der Waals surface area contributed by atoms with E-state index < -0.39 is 11.5 Å². The third-order valence-electron chi connectivity index (χ3n) is 2.10. The summed E-state index contributed by atoms with van der Waals surface area (Å²) in [5.41, 5.74) is -1.02. The molecule has 0 aliphatic rings. The number of aromatic carboxylic acids is 1. The first kappa shape index (κ1) is 12.4. The number of nitrogens with one attached hydrogen (secondary N) is 1. The number of hydrogen-bond acceptors (Lipinski definition) is 5. The largest absolute Gasteiger partial charge is 0.477 e. The molecule has 0 fully saturated rings. The van der Waals surface area contributed by atoms with Crippen molar-refractivity contribution in [2.75, 3.05) is 18.5 Å². The van der Waals surface area contributed by atoms with Gasteiger partial charge < -0.3 is 20.6 Å². The number of carboxylic acids is 1. The Balaban J connectivity index is 2.89. The first-order chi connectivity index (χ1) is 7.50. The third-order valence-corrected chi connectivity index (χ3v) is 2.10. The van der Waals surface area contributed by atoms with Crippen LogP contribution < -0.4 is 5.32 Å². The number of nitrogens with zero attached hydrogens (tertiary/aromatic N) is 1. The van der Waals surface area contributed by atoms with Crippen molar-refractivity contribution in [3.63, 3.8) is 0 Å². The van der Waals surface area contributed by atoms with Gasteiger partial charge in [0.25, 0.3) is 0 Å². The summed E-state index contributed by atoms with van der Waals surface area (Å²) in [6.07, 6.45) is 0. The van der Waals surface area contributed by atoms with E-state index in [2.05, 4.69) is 10.3 Å². The van der Waals surface area contributed by atoms with Crippen LogP contribution in [0, 0.1) is 0 Å². The highest BCUT2D eigenvalue weighted by atomic mass is 16.4. The fourth-order valence-corrected chi connectivity index (χ4v) is 1.06. The Morgan fingerprint density at radius 3 is 2.56 bits per heavy atom. The van der Waals surface area contributed by atoms with Gasteiger partial charge in [-0.15, -0.1) is 0 Å². The molecule has 0 aliphatic heterocycles. The molecule has 6 nitrogen and oxygen atoms in total. The Kier molecular flexibility index (Phi) is 3.81. The topological polar surface area (TPSA) is 103 Å². The Morgan fingerprint density at radius 1 is 1.44 bits per heavy atom. The summed E-state index contributed by atoms with van der Waals surface area (Å²) in [5.74, 6) is -0.830. The van der Waals surface area contributed by atoms with E-state index in [1.54, 1.807) is 13.0 Å². The summed E-state index contributed by atoms with van der Waals surface area (Å²) in [7, 11) is 0. The number of rotatable bonds is 5. The van der Waals surface area contributed by atoms with Crippen molar-refractivity contribution in [1.82, 2.24) is 4.98 Å². The Bertz CT molecular complexity index is 377. The molecular weight excluding hydrogens is 212 g/mol. The first-order valence-corrected chi connectivity index (χ1v) is 4.71. The zero-order chi connectivity index (χ0) is 12.2. The van der Waals surface area contributed by atoms with Crippen molar-refractivity contribution in [3.8, 4) is 0 Å². The van der Waals surface area contributed by atoms with Crippen molar-refractivity contribution >= 4 is 11.8 Å². The minimum Gasteiger partial charge on any atom is -0.477 e. The molecule has 1 aromatic heterocycles. The van der Waals surface area contributed by atoms with Crippen LogP contribution in [0.3, 0.4) is 0 Å². The Morgan fingerprint density at radius 2 is 2.06 bits per heavy atom. The molecule has 0 radical (unpaired) electrons. The predicted octanol–water partition coefficient (Wildman–Crippen LogP) is -0.0650. The van der Waals surface area contributed by atoms with Crippen molar-refractivity contribution < 1.29 is 20.1 Å². The molecule has 0 aliphatic carbocycles. The lowest BCUT2D eigenvalue weighted by Crippen LogP contribution is -2.42. The van der Waals surface area contributed by atoms with Gasteiger partial charge in [-0.2, -0.15) is 0 Å². The summed E-state index contributed by atoms with van der Waals surface area (Å²) >= 11 is 0. The van der Waals surface area contributed by atoms with Crippen LogP contribution in [0.4, 0.5) is 5.82 Å². The summed E-state index contributed by atoms with van der Waals surface area (Å²) in [6.45, 7) is 1.02. The monoisotopic (exact) mass is 226 g/mol. The lowest BCUT2D eigenvalue weighted by molar-refractivity contribution is 0.0690. The molecule has 0 atom stereocenters. The Hall–Kier alpha value is -1.66. The average molecular weight is 226 g/mol. The highest BCUT2D eigenvalue weighted by Gasteiger charge is 2.22. The van der Waals surface area contributed by atoms with Crippen LogP contribution in [0.25, 0.3) is 0 Å². The van der Waals surface area contributed by atoms with Gasteiger partial charge in [-0.05, 0) is 19.1 Å². The summed E-state index contributed by atoms with van der Waals surface area (Å²) < 4.78 is 0. The third kappa shape index (κ3) is 2.91. The molecule has 0 saturated carbocycles. The van der Waals surface area contributed by atoms with Crippen molar-refractivity contribution in [3.05, 3.63) is 23.9 Å². The van der Waals surface area contributed by atoms with E-state index in [0.29, 0.717) is 5.82 Å². The van der Waals surface area contributed by atoms with Crippen LogP contribution in [-0.2, 0) is 0 Å². The van der Waals surface area contributed by atoms with Gasteiger partial charge in [0.15, 0.2) is 5.69 Å². The minimum absolute atomic E-state index is 0.0942. The molecule has 1 aromatic rings. The molecule has 0 unspecified atom stereocenters. The zero-order valence-corrected chi connectivity index (χ0v) is 8.84. The standard InChI is InChI=1S/C10H14N2O4/c1-10(5-13,6-14)12-8-4-2-3-7(11-8)9(15)16/h2-4,13-14H,5-6H2,1H3,(H,11,12)(H,15,16). The van der Waals surface area contributed by atoms with E-state index in [4.69, 9.17) is 15.3 Å². The normalized spacial score (nSPS) is 11.2. The number of hydrogen-bond donors (Lipinski definition) is 4. The quantitative estimate of drug-likeness (QED) is 0.560. The van der Waals surface area contributed by atoms with Gasteiger partial charge in [0.2, 0.25) is 0 Å². The van der Waals surface area contributed by atoms with Gasteiger partial charge in [-0.25, -0.2) is 9.78 Å². The van der Waals surface area contributed by atoms with E-state index in [1.807, 2.05) is 0 Å². The smallest absolute Gasteiger partial charge is 0.354 e. The van der Waals surface area contributed by atoms with E-state index in [0.717, 1.165) is 0 Å². The number of aliphatic hydroxyl groups is 2. The first-order valence-electron chi connectivity index (χ1n) is 4.71. The van der Waals surface area contributed by atoms with E-state index in [-0.39, 0.29) is 18.9 Å². The molecule has 0 bridgehead atoms. The lowest BCUT2D eigenvalue weighted by Gasteiger charge is -2.26. The van der Waals surface area contributed by atoms with Crippen LogP contribution in [-0.4, -0.2) is 45.0 Å². The van der Waals surface area contributed by atoms with Crippen LogP contribution in [0.1, 0.15) is 17.4 Å². The summed E-state index contributed by atoms with van der Waals surface area (Å²) in [6, 6.07) is 4.46. The highest BCUT2D eigenvalue weighted by molar-refractivity contribution is 5.85. The lowest BCUT2D eigenvalue weighted by atomic mass is 10.1. The zero-order valence-electron chi connectivity index (χ0n) is 8.84. The molecule has 0 saturated heterocycles. The van der Waals surface area contributed by atoms with Gasteiger partial charge in [0, 0.05) is 0 Å². The van der Waals surface area contributed by atoms with Gasteiger partial charge >= 0.3 is 5.97 Å².